The molecule has 1 aliphatic rings. The van der Waals surface area contributed by atoms with Gasteiger partial charge in [0.2, 0.25) is 0 Å². The zero-order valence-electron chi connectivity index (χ0n) is 8.32. The Balaban J connectivity index is 2.01. The summed E-state index contributed by atoms with van der Waals surface area (Å²) >= 11 is 0. The molecule has 1 heterocycles. The van der Waals surface area contributed by atoms with Gasteiger partial charge in [-0.2, -0.15) is 5.10 Å². The standard InChI is InChI=1S/C9H13N5O/c10-13-11-5-9(15)7-4-12-14(6-7)8-2-1-3-8/h4,6,8-9,15H,1-3,5H2. The number of azide groups is 1. The molecule has 1 saturated carbocycles. The molecule has 0 aliphatic heterocycles. The largest absolute Gasteiger partial charge is 0.388 e. The Morgan fingerprint density at radius 1 is 1.73 bits per heavy atom. The minimum Gasteiger partial charge on any atom is -0.388 e. The lowest BCUT2D eigenvalue weighted by Gasteiger charge is -2.25. The number of hydrogen-bond acceptors (Lipinski definition) is 3. The first-order valence-corrected chi connectivity index (χ1v) is 5.04. The van der Waals surface area contributed by atoms with Crippen molar-refractivity contribution in [2.75, 3.05) is 6.54 Å². The monoisotopic (exact) mass is 207 g/mol. The lowest BCUT2D eigenvalue weighted by molar-refractivity contribution is 0.186. The first-order valence-electron chi connectivity index (χ1n) is 5.04. The summed E-state index contributed by atoms with van der Waals surface area (Å²) in [5.41, 5.74) is 8.85. The second-order valence-corrected chi connectivity index (χ2v) is 3.77. The van der Waals surface area contributed by atoms with Gasteiger partial charge in [0.05, 0.1) is 24.9 Å². The topological polar surface area (TPSA) is 86.8 Å². The van der Waals surface area contributed by atoms with E-state index >= 15 is 0 Å². The van der Waals surface area contributed by atoms with Crippen molar-refractivity contribution < 1.29 is 5.11 Å². The molecule has 1 aromatic rings. The predicted molar refractivity (Wildman–Crippen MR) is 54.1 cm³/mol. The minimum absolute atomic E-state index is 0.0624. The van der Waals surface area contributed by atoms with E-state index < -0.39 is 6.10 Å². The second kappa shape index (κ2) is 4.33. The van der Waals surface area contributed by atoms with Crippen molar-refractivity contribution in [1.29, 1.82) is 0 Å². The van der Waals surface area contributed by atoms with Crippen LogP contribution < -0.4 is 0 Å². The highest BCUT2D eigenvalue weighted by molar-refractivity contribution is 5.09. The Labute approximate surface area is 87.2 Å². The molecule has 1 atom stereocenters. The number of aliphatic hydroxyl groups is 1. The molecule has 1 aliphatic carbocycles. The first kappa shape index (κ1) is 10.0. The second-order valence-electron chi connectivity index (χ2n) is 3.77. The molecule has 0 bridgehead atoms. The van der Waals surface area contributed by atoms with E-state index in [4.69, 9.17) is 5.53 Å². The van der Waals surface area contributed by atoms with E-state index in [1.54, 1.807) is 6.20 Å². The fraction of sp³-hybridized carbons (Fsp3) is 0.667. The molecule has 0 amide bonds. The third-order valence-electron chi connectivity index (χ3n) is 2.77. The number of rotatable bonds is 4. The van der Waals surface area contributed by atoms with Gasteiger partial charge in [0, 0.05) is 16.7 Å². The van der Waals surface area contributed by atoms with Gasteiger partial charge in [0.1, 0.15) is 0 Å². The number of nitrogens with zero attached hydrogens (tertiary/aromatic N) is 5. The number of hydrogen-bond donors (Lipinski definition) is 1. The van der Waals surface area contributed by atoms with Crippen molar-refractivity contribution >= 4 is 0 Å². The van der Waals surface area contributed by atoms with Crippen molar-refractivity contribution in [3.05, 3.63) is 28.4 Å². The van der Waals surface area contributed by atoms with Gasteiger partial charge in [-0.3, -0.25) is 4.68 Å². The van der Waals surface area contributed by atoms with Gasteiger partial charge in [0.15, 0.2) is 0 Å². The Morgan fingerprint density at radius 2 is 2.53 bits per heavy atom. The van der Waals surface area contributed by atoms with Gasteiger partial charge in [-0.1, -0.05) is 5.11 Å². The lowest BCUT2D eigenvalue weighted by Crippen LogP contribution is -2.17. The number of aromatic nitrogens is 2. The quantitative estimate of drug-likeness (QED) is 0.464. The van der Waals surface area contributed by atoms with Crippen molar-refractivity contribution in [2.45, 2.75) is 31.4 Å². The third-order valence-corrected chi connectivity index (χ3v) is 2.77. The summed E-state index contributed by atoms with van der Waals surface area (Å²) in [6.07, 6.45) is 6.30. The lowest BCUT2D eigenvalue weighted by atomic mass is 9.93. The normalized spacial score (nSPS) is 17.9. The molecule has 0 aromatic carbocycles. The molecule has 6 heteroatoms. The zero-order chi connectivity index (χ0) is 10.7. The summed E-state index contributed by atoms with van der Waals surface area (Å²) in [4.78, 5) is 2.61. The molecule has 1 unspecified atom stereocenters. The van der Waals surface area contributed by atoms with Crippen molar-refractivity contribution in [2.24, 2.45) is 5.11 Å². The highest BCUT2D eigenvalue weighted by atomic mass is 16.3. The van der Waals surface area contributed by atoms with E-state index in [0.29, 0.717) is 11.6 Å². The summed E-state index contributed by atoms with van der Waals surface area (Å²) in [7, 11) is 0. The van der Waals surface area contributed by atoms with Gasteiger partial charge in [-0.05, 0) is 24.8 Å². The van der Waals surface area contributed by atoms with Crippen LogP contribution in [0.1, 0.15) is 37.0 Å². The Kier molecular flexibility index (Phi) is 2.89. The third kappa shape index (κ3) is 2.11. The predicted octanol–water partition coefficient (Wildman–Crippen LogP) is 1.95. The number of aliphatic hydroxyl groups excluding tert-OH is 1. The average molecular weight is 207 g/mol. The highest BCUT2D eigenvalue weighted by Gasteiger charge is 2.20. The molecular formula is C9H13N5O. The van der Waals surface area contributed by atoms with Gasteiger partial charge in [0.25, 0.3) is 0 Å². The van der Waals surface area contributed by atoms with E-state index in [0.717, 1.165) is 12.8 Å². The molecule has 1 fully saturated rings. The molecule has 80 valence electrons. The van der Waals surface area contributed by atoms with Crippen molar-refractivity contribution in [3.63, 3.8) is 0 Å². The summed E-state index contributed by atoms with van der Waals surface area (Å²) < 4.78 is 1.89. The molecule has 15 heavy (non-hydrogen) atoms. The first-order chi connectivity index (χ1) is 7.31. The van der Waals surface area contributed by atoms with Gasteiger partial charge < -0.3 is 5.11 Å². The van der Waals surface area contributed by atoms with Crippen LogP contribution in [-0.2, 0) is 0 Å². The van der Waals surface area contributed by atoms with Crippen LogP contribution in [0, 0.1) is 0 Å². The SMILES string of the molecule is [N-]=[N+]=NCC(O)c1cnn(C2CCC2)c1. The summed E-state index contributed by atoms with van der Waals surface area (Å²) in [5.74, 6) is 0. The molecule has 0 saturated heterocycles. The maximum Gasteiger partial charge on any atom is 0.0876 e. The summed E-state index contributed by atoms with van der Waals surface area (Å²) in [6, 6.07) is 0.491. The van der Waals surface area contributed by atoms with E-state index in [9.17, 15) is 5.11 Å². The van der Waals surface area contributed by atoms with Crippen LogP contribution in [0.2, 0.25) is 0 Å². The maximum atomic E-state index is 9.62. The molecule has 1 N–H and O–H groups in total. The molecule has 1 aromatic heterocycles. The Morgan fingerprint density at radius 3 is 3.13 bits per heavy atom. The summed E-state index contributed by atoms with van der Waals surface area (Å²) in [6.45, 7) is 0.0624. The minimum atomic E-state index is -0.741. The van der Waals surface area contributed by atoms with Crippen molar-refractivity contribution in [1.82, 2.24) is 9.78 Å². The van der Waals surface area contributed by atoms with Crippen LogP contribution in [0.4, 0.5) is 0 Å². The van der Waals surface area contributed by atoms with Crippen LogP contribution in [0.15, 0.2) is 17.5 Å². The van der Waals surface area contributed by atoms with Crippen LogP contribution in [0.3, 0.4) is 0 Å². The Hall–Kier alpha value is -1.52. The smallest absolute Gasteiger partial charge is 0.0876 e. The van der Waals surface area contributed by atoms with E-state index in [2.05, 4.69) is 15.1 Å². The zero-order valence-corrected chi connectivity index (χ0v) is 8.32. The van der Waals surface area contributed by atoms with Crippen LogP contribution in [-0.4, -0.2) is 21.4 Å². The van der Waals surface area contributed by atoms with Gasteiger partial charge in [-0.25, -0.2) is 0 Å². The maximum absolute atomic E-state index is 9.62. The molecule has 6 nitrogen and oxygen atoms in total. The highest BCUT2D eigenvalue weighted by Crippen LogP contribution is 2.31. The van der Waals surface area contributed by atoms with Crippen molar-refractivity contribution in [3.8, 4) is 0 Å². The molecule has 2 rings (SSSR count). The van der Waals surface area contributed by atoms with E-state index in [1.807, 2.05) is 10.9 Å². The molecular weight excluding hydrogens is 194 g/mol. The fourth-order valence-electron chi connectivity index (χ4n) is 1.60. The molecule has 0 spiro atoms. The van der Waals surface area contributed by atoms with E-state index in [1.165, 1.54) is 6.42 Å². The fourth-order valence-corrected chi connectivity index (χ4v) is 1.60. The van der Waals surface area contributed by atoms with Crippen LogP contribution in [0.5, 0.6) is 0 Å². The van der Waals surface area contributed by atoms with Crippen LogP contribution in [0.25, 0.3) is 10.4 Å². The van der Waals surface area contributed by atoms with Crippen LogP contribution >= 0.6 is 0 Å². The Bertz CT molecular complexity index is 378. The summed E-state index contributed by atoms with van der Waals surface area (Å²) in [5, 5.41) is 17.1. The molecule has 0 radical (unpaired) electrons. The van der Waals surface area contributed by atoms with Gasteiger partial charge >= 0.3 is 0 Å². The van der Waals surface area contributed by atoms with Gasteiger partial charge in [-0.15, -0.1) is 0 Å². The van der Waals surface area contributed by atoms with E-state index in [-0.39, 0.29) is 6.54 Å². The average Bonchev–Trinajstić information content (AvgIpc) is 2.60.